The third kappa shape index (κ3) is 3.92. The Hall–Kier alpha value is -3.82. The number of pyridine rings is 1. The number of aromatic nitrogens is 6. The van der Waals surface area contributed by atoms with E-state index in [0.717, 1.165) is 17.6 Å². The van der Waals surface area contributed by atoms with Gasteiger partial charge in [-0.25, -0.2) is 9.50 Å². The van der Waals surface area contributed by atoms with E-state index in [9.17, 15) is 9.18 Å². The number of aromatic amines is 1. The van der Waals surface area contributed by atoms with E-state index >= 15 is 0 Å². The second kappa shape index (κ2) is 8.14. The molecule has 0 radical (unpaired) electrons. The Balaban J connectivity index is 1.30. The molecule has 1 aliphatic carbocycles. The van der Waals surface area contributed by atoms with E-state index in [1.54, 1.807) is 17.5 Å². The van der Waals surface area contributed by atoms with Crippen LogP contribution in [0.3, 0.4) is 0 Å². The molecule has 35 heavy (non-hydrogen) atoms. The van der Waals surface area contributed by atoms with Crippen molar-refractivity contribution in [3.63, 3.8) is 0 Å². The maximum absolute atomic E-state index is 13.6. The number of aryl methyl sites for hydroxylation is 1. The van der Waals surface area contributed by atoms with E-state index in [-0.39, 0.29) is 12.2 Å². The highest BCUT2D eigenvalue weighted by atomic mass is 19.1. The minimum Gasteiger partial charge on any atom is -0.327 e. The third-order valence-electron chi connectivity index (χ3n) is 7.16. The van der Waals surface area contributed by atoms with Gasteiger partial charge in [0.05, 0.1) is 5.54 Å². The summed E-state index contributed by atoms with van der Waals surface area (Å²) in [6, 6.07) is 7.57. The van der Waals surface area contributed by atoms with Crippen molar-refractivity contribution in [1.82, 2.24) is 29.8 Å². The summed E-state index contributed by atoms with van der Waals surface area (Å²) in [6.45, 7) is 4.27. The summed E-state index contributed by atoms with van der Waals surface area (Å²) in [5.74, 6) is 1.92. The number of nitrogens with one attached hydrogen (secondary N) is 2. The molecule has 6 rings (SSSR count). The lowest BCUT2D eigenvalue weighted by atomic mass is 9.89. The zero-order valence-electron chi connectivity index (χ0n) is 19.8. The van der Waals surface area contributed by atoms with Crippen molar-refractivity contribution < 1.29 is 9.18 Å². The standard InChI is InChI=1S/C25H27FN8O/c1-15-11-16(14-27-22(15)26)12-20(35)25(2)8-4-9-33(25)24-29-23(19-5-3-10-34(19)32-24)28-21-13-18(30-31-21)17-6-7-17/h3,5,10-11,13-14,17H,4,6-9,12H2,1-2H3,(H2,28,29,30,31,32)/t25-/m0/s1. The molecule has 2 aliphatic rings. The number of carbonyl (C=O) groups excluding carboxylic acids is 1. The first kappa shape index (κ1) is 21.7. The van der Waals surface area contributed by atoms with Crippen molar-refractivity contribution >= 4 is 28.9 Å². The van der Waals surface area contributed by atoms with Crippen molar-refractivity contribution in [2.24, 2.45) is 0 Å². The van der Waals surface area contributed by atoms with Gasteiger partial charge in [-0.1, -0.05) is 0 Å². The summed E-state index contributed by atoms with van der Waals surface area (Å²) in [7, 11) is 0. The van der Waals surface area contributed by atoms with E-state index < -0.39 is 11.5 Å². The van der Waals surface area contributed by atoms with Crippen molar-refractivity contribution in [3.05, 3.63) is 59.4 Å². The normalized spacial score (nSPS) is 20.0. The lowest BCUT2D eigenvalue weighted by Gasteiger charge is -2.34. The van der Waals surface area contributed by atoms with E-state index in [2.05, 4.69) is 20.5 Å². The number of halogens is 1. The quantitative estimate of drug-likeness (QED) is 0.389. The van der Waals surface area contributed by atoms with Crippen molar-refractivity contribution in [2.75, 3.05) is 16.8 Å². The zero-order valence-corrected chi connectivity index (χ0v) is 19.8. The topological polar surface area (TPSA) is 104 Å². The summed E-state index contributed by atoms with van der Waals surface area (Å²) < 4.78 is 15.4. The molecule has 5 heterocycles. The second-order valence-electron chi connectivity index (χ2n) is 9.79. The van der Waals surface area contributed by atoms with Crippen LogP contribution >= 0.6 is 0 Å². The average Bonchev–Trinajstić information content (AvgIpc) is 3.20. The predicted molar refractivity (Wildman–Crippen MR) is 129 cm³/mol. The summed E-state index contributed by atoms with van der Waals surface area (Å²) in [5, 5.41) is 15.6. The summed E-state index contributed by atoms with van der Waals surface area (Å²) in [6.07, 6.45) is 7.41. The van der Waals surface area contributed by atoms with Gasteiger partial charge in [0.25, 0.3) is 0 Å². The minimum atomic E-state index is -0.772. The Morgan fingerprint density at radius 1 is 1.34 bits per heavy atom. The highest BCUT2D eigenvalue weighted by Crippen LogP contribution is 2.40. The molecule has 10 heteroatoms. The van der Waals surface area contributed by atoms with Crippen LogP contribution in [0.15, 0.2) is 36.7 Å². The van der Waals surface area contributed by atoms with E-state index in [1.807, 2.05) is 36.2 Å². The van der Waals surface area contributed by atoms with Crippen LogP contribution in [0.4, 0.5) is 22.0 Å². The molecule has 0 spiro atoms. The number of nitrogens with zero attached hydrogens (tertiary/aromatic N) is 6. The van der Waals surface area contributed by atoms with Crippen molar-refractivity contribution in [2.45, 2.75) is 57.4 Å². The Morgan fingerprint density at radius 3 is 3.00 bits per heavy atom. The maximum Gasteiger partial charge on any atom is 0.246 e. The summed E-state index contributed by atoms with van der Waals surface area (Å²) in [5.41, 5.74) is 2.33. The number of hydrogen-bond donors (Lipinski definition) is 2. The van der Waals surface area contributed by atoms with E-state index in [1.165, 1.54) is 19.0 Å². The van der Waals surface area contributed by atoms with Crippen LogP contribution in [0.5, 0.6) is 0 Å². The number of ketones is 1. The van der Waals surface area contributed by atoms with Crippen LogP contribution in [-0.4, -0.2) is 47.6 Å². The van der Waals surface area contributed by atoms with Gasteiger partial charge in [0.2, 0.25) is 11.9 Å². The fourth-order valence-corrected chi connectivity index (χ4v) is 4.92. The van der Waals surface area contributed by atoms with Crippen LogP contribution < -0.4 is 10.2 Å². The minimum absolute atomic E-state index is 0.0369. The van der Waals surface area contributed by atoms with Gasteiger partial charge in [0.1, 0.15) is 5.52 Å². The van der Waals surface area contributed by atoms with Gasteiger partial charge in [-0.3, -0.25) is 9.89 Å². The third-order valence-corrected chi connectivity index (χ3v) is 7.16. The molecule has 9 nitrogen and oxygen atoms in total. The molecule has 4 aromatic heterocycles. The molecule has 180 valence electrons. The van der Waals surface area contributed by atoms with Crippen LogP contribution in [-0.2, 0) is 11.2 Å². The molecule has 0 amide bonds. The van der Waals surface area contributed by atoms with Gasteiger partial charge < -0.3 is 10.2 Å². The highest BCUT2D eigenvalue weighted by molar-refractivity contribution is 5.93. The molecule has 2 fully saturated rings. The summed E-state index contributed by atoms with van der Waals surface area (Å²) in [4.78, 5) is 24.1. The Morgan fingerprint density at radius 2 is 2.20 bits per heavy atom. The number of fused-ring (bicyclic) bond motifs is 1. The largest absolute Gasteiger partial charge is 0.327 e. The average molecular weight is 475 g/mol. The van der Waals surface area contributed by atoms with Gasteiger partial charge in [0.15, 0.2) is 17.4 Å². The monoisotopic (exact) mass is 474 g/mol. The predicted octanol–water partition coefficient (Wildman–Crippen LogP) is 4.09. The Kier molecular flexibility index (Phi) is 5.05. The van der Waals surface area contributed by atoms with Gasteiger partial charge in [-0.2, -0.15) is 14.5 Å². The lowest BCUT2D eigenvalue weighted by molar-refractivity contribution is -0.122. The molecule has 1 saturated carbocycles. The Labute approximate surface area is 201 Å². The van der Waals surface area contributed by atoms with Crippen LogP contribution in [0, 0.1) is 12.9 Å². The fraction of sp³-hybridized carbons (Fsp3) is 0.400. The molecular formula is C25H27FN8O. The lowest BCUT2D eigenvalue weighted by Crippen LogP contribution is -2.49. The molecule has 1 saturated heterocycles. The van der Waals surface area contributed by atoms with Crippen LogP contribution in [0.2, 0.25) is 0 Å². The molecule has 1 aliphatic heterocycles. The zero-order chi connectivity index (χ0) is 24.2. The molecule has 0 bridgehead atoms. The number of carbonyl (C=O) groups is 1. The van der Waals surface area contributed by atoms with Crippen LogP contribution in [0.25, 0.3) is 5.52 Å². The highest BCUT2D eigenvalue weighted by Gasteiger charge is 2.44. The van der Waals surface area contributed by atoms with Gasteiger partial charge in [0, 0.05) is 48.6 Å². The number of rotatable bonds is 7. The number of hydrogen-bond acceptors (Lipinski definition) is 7. The fourth-order valence-electron chi connectivity index (χ4n) is 4.92. The molecule has 4 aromatic rings. The van der Waals surface area contributed by atoms with Crippen molar-refractivity contribution in [1.29, 1.82) is 0 Å². The van der Waals surface area contributed by atoms with E-state index in [0.29, 0.717) is 47.6 Å². The number of Topliss-reactive ketones (excluding diaryl/α,β-unsaturated/α-hetero) is 1. The van der Waals surface area contributed by atoms with Crippen LogP contribution in [0.1, 0.15) is 55.3 Å². The second-order valence-corrected chi connectivity index (χ2v) is 9.79. The first-order valence-electron chi connectivity index (χ1n) is 12.0. The van der Waals surface area contributed by atoms with Crippen molar-refractivity contribution in [3.8, 4) is 0 Å². The molecule has 2 N–H and O–H groups in total. The Bertz CT molecular complexity index is 1420. The van der Waals surface area contributed by atoms with Gasteiger partial charge in [-0.05, 0) is 63.3 Å². The molecular weight excluding hydrogens is 447 g/mol. The first-order chi connectivity index (χ1) is 16.9. The van der Waals surface area contributed by atoms with Gasteiger partial charge in [-0.15, -0.1) is 5.10 Å². The summed E-state index contributed by atoms with van der Waals surface area (Å²) >= 11 is 0. The number of anilines is 3. The smallest absolute Gasteiger partial charge is 0.246 e. The molecule has 0 aromatic carbocycles. The van der Waals surface area contributed by atoms with E-state index in [4.69, 9.17) is 10.1 Å². The SMILES string of the molecule is Cc1cc(CC(=O)[C@]2(C)CCCN2c2nc(Nc3cc(C4CC4)[nH]n3)c3cccn3n2)cnc1F. The maximum atomic E-state index is 13.6. The molecule has 0 unspecified atom stereocenters. The first-order valence-corrected chi connectivity index (χ1v) is 12.0. The molecule has 1 atom stereocenters. The van der Waals surface area contributed by atoms with Gasteiger partial charge >= 0.3 is 0 Å². The number of H-pyrrole nitrogens is 1.